The van der Waals surface area contributed by atoms with E-state index in [1.807, 2.05) is 37.3 Å². The van der Waals surface area contributed by atoms with Gasteiger partial charge < -0.3 is 24.5 Å². The summed E-state index contributed by atoms with van der Waals surface area (Å²) in [5.74, 6) is 0.885. The largest absolute Gasteiger partial charge is 0.464 e. The van der Waals surface area contributed by atoms with E-state index in [2.05, 4.69) is 42.1 Å². The van der Waals surface area contributed by atoms with Crippen LogP contribution in [0.4, 0.5) is 5.69 Å². The van der Waals surface area contributed by atoms with Gasteiger partial charge in [-0.25, -0.2) is 4.79 Å². The number of benzene rings is 2. The molecule has 5 rings (SSSR count). The minimum absolute atomic E-state index is 0.166. The molecule has 0 aliphatic carbocycles. The van der Waals surface area contributed by atoms with Crippen molar-refractivity contribution >= 4 is 44.4 Å². The molecule has 1 atom stereocenters. The third-order valence-electron chi connectivity index (χ3n) is 6.58. The van der Waals surface area contributed by atoms with Crippen LogP contribution in [0.2, 0.25) is 0 Å². The summed E-state index contributed by atoms with van der Waals surface area (Å²) in [5, 5.41) is 3.72. The van der Waals surface area contributed by atoms with E-state index in [0.29, 0.717) is 5.69 Å². The van der Waals surface area contributed by atoms with Crippen molar-refractivity contribution in [1.82, 2.24) is 14.8 Å². The lowest BCUT2D eigenvalue weighted by molar-refractivity contribution is -0.121. The second-order valence-corrected chi connectivity index (χ2v) is 9.64. The van der Waals surface area contributed by atoms with E-state index in [-0.39, 0.29) is 24.4 Å². The van der Waals surface area contributed by atoms with Gasteiger partial charge in [0.1, 0.15) is 5.69 Å². The average Bonchev–Trinajstić information content (AvgIpc) is 3.48. The number of halogens is 1. The van der Waals surface area contributed by atoms with Crippen LogP contribution >= 0.6 is 15.9 Å². The Labute approximate surface area is 211 Å². The Morgan fingerprint density at radius 3 is 2.66 bits per heavy atom. The lowest BCUT2D eigenvalue weighted by Crippen LogP contribution is -2.52. The van der Waals surface area contributed by atoms with Gasteiger partial charge in [-0.05, 0) is 42.8 Å². The van der Waals surface area contributed by atoms with Crippen LogP contribution in [-0.4, -0.2) is 72.8 Å². The van der Waals surface area contributed by atoms with Gasteiger partial charge in [0.25, 0.3) is 0 Å². The van der Waals surface area contributed by atoms with Crippen molar-refractivity contribution < 1.29 is 23.8 Å². The molecular formula is C25H27BrN4O5. The van der Waals surface area contributed by atoms with Gasteiger partial charge in [-0.2, -0.15) is 0 Å². The molecule has 2 aromatic carbocycles. The highest BCUT2D eigenvalue weighted by molar-refractivity contribution is 9.10. The van der Waals surface area contributed by atoms with Crippen molar-refractivity contribution in [2.75, 3.05) is 45.4 Å². The van der Waals surface area contributed by atoms with E-state index in [0.717, 1.165) is 59.6 Å². The van der Waals surface area contributed by atoms with E-state index in [1.165, 1.54) is 12.7 Å². The molecule has 0 saturated carbocycles. The summed E-state index contributed by atoms with van der Waals surface area (Å²) < 4.78 is 16.6. The maximum Gasteiger partial charge on any atom is 0.356 e. The first-order chi connectivity index (χ1) is 16.9. The zero-order valence-electron chi connectivity index (χ0n) is 19.6. The van der Waals surface area contributed by atoms with E-state index in [9.17, 15) is 9.59 Å². The normalized spacial score (nSPS) is 16.9. The molecule has 2 aliphatic heterocycles. The first-order valence-electron chi connectivity index (χ1n) is 11.5. The van der Waals surface area contributed by atoms with Crippen molar-refractivity contribution in [3.63, 3.8) is 0 Å². The molecule has 3 heterocycles. The maximum atomic E-state index is 13.2. The van der Waals surface area contributed by atoms with Gasteiger partial charge in [0.05, 0.1) is 18.8 Å². The van der Waals surface area contributed by atoms with E-state index in [1.54, 1.807) is 0 Å². The highest BCUT2D eigenvalue weighted by Gasteiger charge is 2.28. The van der Waals surface area contributed by atoms with Crippen LogP contribution in [0.3, 0.4) is 0 Å². The van der Waals surface area contributed by atoms with Crippen molar-refractivity contribution in [3.05, 3.63) is 52.1 Å². The Bertz CT molecular complexity index is 1270. The lowest BCUT2D eigenvalue weighted by Gasteiger charge is -2.37. The van der Waals surface area contributed by atoms with Crippen LogP contribution in [0.1, 0.15) is 23.0 Å². The van der Waals surface area contributed by atoms with E-state index < -0.39 is 5.97 Å². The summed E-state index contributed by atoms with van der Waals surface area (Å²) in [5.41, 5.74) is 2.59. The molecule has 1 aromatic heterocycles. The molecule has 0 spiro atoms. The quantitative estimate of drug-likeness (QED) is 0.459. The number of hydrogen-bond donors (Lipinski definition) is 2. The van der Waals surface area contributed by atoms with Crippen LogP contribution in [-0.2, 0) is 16.1 Å². The minimum Gasteiger partial charge on any atom is -0.464 e. The van der Waals surface area contributed by atoms with E-state index in [4.69, 9.17) is 14.2 Å². The number of methoxy groups -OCH3 is 1. The number of nitrogens with zero attached hydrogens (tertiary/aromatic N) is 2. The number of aromatic nitrogens is 1. The van der Waals surface area contributed by atoms with Gasteiger partial charge >= 0.3 is 5.97 Å². The molecule has 10 heteroatoms. The third-order valence-corrected chi connectivity index (χ3v) is 7.07. The Hall–Kier alpha value is -3.08. The number of H-pyrrole nitrogens is 1. The summed E-state index contributed by atoms with van der Waals surface area (Å²) in [6.45, 7) is 6.21. The van der Waals surface area contributed by atoms with Gasteiger partial charge in [0.15, 0.2) is 11.5 Å². The number of hydrogen-bond acceptors (Lipinski definition) is 7. The number of anilines is 1. The first kappa shape index (κ1) is 23.7. The molecule has 9 nitrogen and oxygen atoms in total. The second-order valence-electron chi connectivity index (χ2n) is 8.72. The topological polar surface area (TPSA) is 96.1 Å². The Kier molecular flexibility index (Phi) is 6.68. The molecule has 2 aliphatic rings. The average molecular weight is 543 g/mol. The van der Waals surface area contributed by atoms with Crippen molar-refractivity contribution in [3.8, 4) is 11.5 Å². The molecule has 3 aromatic rings. The Balaban J connectivity index is 1.23. The number of nitrogens with one attached hydrogen (secondary N) is 2. The molecule has 1 amide bonds. The summed E-state index contributed by atoms with van der Waals surface area (Å²) in [4.78, 5) is 33.1. The van der Waals surface area contributed by atoms with Gasteiger partial charge in [-0.3, -0.25) is 14.6 Å². The van der Waals surface area contributed by atoms with Gasteiger partial charge in [0, 0.05) is 48.1 Å². The Morgan fingerprint density at radius 2 is 1.89 bits per heavy atom. The third kappa shape index (κ3) is 4.86. The molecule has 1 fully saturated rings. The Morgan fingerprint density at radius 1 is 1.11 bits per heavy atom. The van der Waals surface area contributed by atoms with Crippen LogP contribution in [0.25, 0.3) is 10.9 Å². The number of ether oxygens (including phenoxy) is 3. The predicted octanol–water partition coefficient (Wildman–Crippen LogP) is 3.59. The van der Waals surface area contributed by atoms with Crippen LogP contribution in [0.5, 0.6) is 11.5 Å². The van der Waals surface area contributed by atoms with Crippen molar-refractivity contribution in [2.45, 2.75) is 19.5 Å². The molecule has 2 N–H and O–H groups in total. The number of rotatable bonds is 6. The highest BCUT2D eigenvalue weighted by atomic mass is 79.9. The van der Waals surface area contributed by atoms with Crippen molar-refractivity contribution in [2.24, 2.45) is 0 Å². The summed E-state index contributed by atoms with van der Waals surface area (Å²) in [6, 6.07) is 11.3. The summed E-state index contributed by atoms with van der Waals surface area (Å²) in [7, 11) is 1.32. The SMILES string of the molecule is COC(=O)c1[nH]c2ccc(Br)cc2c1NC(=O)[C@H](C)N1CCN(Cc2ccc3c(c2)OCO3)CC1. The molecule has 35 heavy (non-hydrogen) atoms. The molecular weight excluding hydrogens is 516 g/mol. The zero-order chi connectivity index (χ0) is 24.5. The zero-order valence-corrected chi connectivity index (χ0v) is 21.2. The summed E-state index contributed by atoms with van der Waals surface area (Å²) >= 11 is 3.46. The number of esters is 1. The van der Waals surface area contributed by atoms with Crippen LogP contribution < -0.4 is 14.8 Å². The molecule has 0 radical (unpaired) electrons. The predicted molar refractivity (Wildman–Crippen MR) is 135 cm³/mol. The highest BCUT2D eigenvalue weighted by Crippen LogP contribution is 2.33. The first-order valence-corrected chi connectivity index (χ1v) is 12.3. The fraction of sp³-hybridized carbons (Fsp3) is 0.360. The fourth-order valence-electron chi connectivity index (χ4n) is 4.55. The molecule has 0 bridgehead atoms. The number of carbonyl (C=O) groups is 2. The molecule has 0 unspecified atom stereocenters. The van der Waals surface area contributed by atoms with Crippen LogP contribution in [0, 0.1) is 0 Å². The number of piperazine rings is 1. The minimum atomic E-state index is -0.530. The smallest absolute Gasteiger partial charge is 0.356 e. The number of carbonyl (C=O) groups excluding carboxylic acids is 2. The summed E-state index contributed by atoms with van der Waals surface area (Å²) in [6.07, 6.45) is 0. The van der Waals surface area contributed by atoms with Crippen LogP contribution in [0.15, 0.2) is 40.9 Å². The maximum absolute atomic E-state index is 13.2. The number of amides is 1. The lowest BCUT2D eigenvalue weighted by atomic mass is 10.1. The number of aromatic amines is 1. The van der Waals surface area contributed by atoms with Gasteiger partial charge in [-0.1, -0.05) is 22.0 Å². The van der Waals surface area contributed by atoms with Crippen molar-refractivity contribution in [1.29, 1.82) is 0 Å². The fourth-order valence-corrected chi connectivity index (χ4v) is 4.91. The molecule has 184 valence electrons. The van der Waals surface area contributed by atoms with Gasteiger partial charge in [-0.15, -0.1) is 0 Å². The van der Waals surface area contributed by atoms with Gasteiger partial charge in [0.2, 0.25) is 12.7 Å². The standard InChI is InChI=1S/C25H27BrN4O5/c1-15(24(31)28-22-18-12-17(26)4-5-19(18)27-23(22)25(32)33-2)30-9-7-29(8-10-30)13-16-3-6-20-21(11-16)35-14-34-20/h3-6,11-12,15,27H,7-10,13-14H2,1-2H3,(H,28,31)/t15-/m0/s1. The monoisotopic (exact) mass is 542 g/mol. The second kappa shape index (κ2) is 9.88. The van der Waals surface area contributed by atoms with E-state index >= 15 is 0 Å². The molecule has 1 saturated heterocycles. The number of fused-ring (bicyclic) bond motifs is 2.